The van der Waals surface area contributed by atoms with Gasteiger partial charge in [0.1, 0.15) is 5.60 Å². The second kappa shape index (κ2) is 3.87. The molecule has 1 heterocycles. The van der Waals surface area contributed by atoms with Crippen molar-refractivity contribution in [3.8, 4) is 0 Å². The Morgan fingerprint density at radius 2 is 1.88 bits per heavy atom. The Hall–Kier alpha value is -1.84. The molecule has 0 radical (unpaired) electrons. The first kappa shape index (κ1) is 11.6. The third-order valence-corrected chi connectivity index (χ3v) is 3.12. The zero-order valence-corrected chi connectivity index (χ0v) is 9.71. The summed E-state index contributed by atoms with van der Waals surface area (Å²) in [6, 6.07) is 9.15. The molecule has 0 bridgehead atoms. The Morgan fingerprint density at radius 3 is 2.41 bits per heavy atom. The number of aliphatic carboxylic acids is 1. The van der Waals surface area contributed by atoms with Crippen molar-refractivity contribution in [2.75, 3.05) is 0 Å². The number of benzene rings is 1. The zero-order valence-electron chi connectivity index (χ0n) is 9.71. The maximum absolute atomic E-state index is 11.6. The summed E-state index contributed by atoms with van der Waals surface area (Å²) in [5, 5.41) is 9.15. The van der Waals surface area contributed by atoms with E-state index < -0.39 is 29.4 Å². The molecule has 1 aliphatic heterocycles. The predicted molar refractivity (Wildman–Crippen MR) is 60.5 cm³/mol. The van der Waals surface area contributed by atoms with E-state index in [4.69, 9.17) is 9.84 Å². The summed E-state index contributed by atoms with van der Waals surface area (Å²) in [4.78, 5) is 22.8. The lowest BCUT2D eigenvalue weighted by atomic mass is 9.78. The Morgan fingerprint density at radius 1 is 1.29 bits per heavy atom. The monoisotopic (exact) mass is 234 g/mol. The van der Waals surface area contributed by atoms with Crippen molar-refractivity contribution in [3.63, 3.8) is 0 Å². The van der Waals surface area contributed by atoms with Gasteiger partial charge in [0.15, 0.2) is 5.92 Å². The largest absolute Gasteiger partial charge is 0.481 e. The van der Waals surface area contributed by atoms with Crippen LogP contribution in [0.3, 0.4) is 0 Å². The molecule has 2 rings (SSSR count). The molecule has 4 nitrogen and oxygen atoms in total. The molecule has 17 heavy (non-hydrogen) atoms. The molecule has 1 fully saturated rings. The van der Waals surface area contributed by atoms with Gasteiger partial charge in [-0.05, 0) is 19.4 Å². The van der Waals surface area contributed by atoms with Gasteiger partial charge in [-0.15, -0.1) is 0 Å². The standard InChI is InChI=1S/C13H14O4/c1-13(2)10(8-6-4-3-5-7-8)9(11(14)15)12(16)17-13/h3-7,9-10H,1-2H3,(H,14,15). The van der Waals surface area contributed by atoms with E-state index in [1.54, 1.807) is 13.8 Å². The van der Waals surface area contributed by atoms with Crippen LogP contribution in [0.2, 0.25) is 0 Å². The highest BCUT2D eigenvalue weighted by Crippen LogP contribution is 2.44. The predicted octanol–water partition coefficient (Wildman–Crippen LogP) is 1.81. The molecule has 90 valence electrons. The molecule has 0 aromatic heterocycles. The molecule has 2 unspecified atom stereocenters. The molecule has 1 aliphatic rings. The Balaban J connectivity index is 2.47. The van der Waals surface area contributed by atoms with Gasteiger partial charge < -0.3 is 9.84 Å². The first-order chi connectivity index (χ1) is 7.93. The van der Waals surface area contributed by atoms with Crippen molar-refractivity contribution in [3.05, 3.63) is 35.9 Å². The second-order valence-electron chi connectivity index (χ2n) is 4.73. The van der Waals surface area contributed by atoms with Crippen molar-refractivity contribution in [2.45, 2.75) is 25.4 Å². The van der Waals surface area contributed by atoms with Crippen LogP contribution in [0.15, 0.2) is 30.3 Å². The van der Waals surface area contributed by atoms with E-state index in [1.165, 1.54) is 0 Å². The van der Waals surface area contributed by atoms with Crippen LogP contribution in [0.25, 0.3) is 0 Å². The highest BCUT2D eigenvalue weighted by atomic mass is 16.6. The maximum atomic E-state index is 11.6. The van der Waals surface area contributed by atoms with E-state index in [0.29, 0.717) is 0 Å². The van der Waals surface area contributed by atoms with Crippen LogP contribution in [-0.2, 0) is 14.3 Å². The molecule has 1 aromatic carbocycles. The zero-order chi connectivity index (χ0) is 12.6. The Kier molecular flexibility index (Phi) is 2.65. The highest BCUT2D eigenvalue weighted by molar-refractivity contribution is 5.97. The quantitative estimate of drug-likeness (QED) is 0.626. The van der Waals surface area contributed by atoms with Gasteiger partial charge in [-0.3, -0.25) is 9.59 Å². The number of cyclic esters (lactones) is 1. The SMILES string of the molecule is CC1(C)OC(=O)C(C(=O)O)C1c1ccccc1. The Labute approximate surface area is 99.2 Å². The van der Waals surface area contributed by atoms with Crippen LogP contribution in [0.1, 0.15) is 25.3 Å². The molecule has 1 aromatic rings. The van der Waals surface area contributed by atoms with Crippen molar-refractivity contribution in [1.29, 1.82) is 0 Å². The molecular formula is C13H14O4. The van der Waals surface area contributed by atoms with Crippen LogP contribution in [0.5, 0.6) is 0 Å². The average molecular weight is 234 g/mol. The summed E-state index contributed by atoms with van der Waals surface area (Å²) in [7, 11) is 0. The summed E-state index contributed by atoms with van der Waals surface area (Å²) in [6.07, 6.45) is 0. The fourth-order valence-corrected chi connectivity index (χ4v) is 2.42. The third-order valence-electron chi connectivity index (χ3n) is 3.12. The van der Waals surface area contributed by atoms with E-state index in [9.17, 15) is 9.59 Å². The van der Waals surface area contributed by atoms with Gasteiger partial charge in [0.25, 0.3) is 0 Å². The van der Waals surface area contributed by atoms with Crippen LogP contribution in [0, 0.1) is 5.92 Å². The highest BCUT2D eigenvalue weighted by Gasteiger charge is 2.54. The number of carboxylic acids is 1. The summed E-state index contributed by atoms with van der Waals surface area (Å²) in [5.41, 5.74) is 0.0253. The number of hydrogen-bond donors (Lipinski definition) is 1. The van der Waals surface area contributed by atoms with Gasteiger partial charge in [-0.1, -0.05) is 30.3 Å². The lowest BCUT2D eigenvalue weighted by Gasteiger charge is -2.26. The number of carbonyl (C=O) groups excluding carboxylic acids is 1. The number of hydrogen-bond acceptors (Lipinski definition) is 3. The van der Waals surface area contributed by atoms with Crippen molar-refractivity contribution >= 4 is 11.9 Å². The minimum Gasteiger partial charge on any atom is -0.481 e. The van der Waals surface area contributed by atoms with Crippen LogP contribution < -0.4 is 0 Å². The smallest absolute Gasteiger partial charge is 0.321 e. The number of ether oxygens (including phenoxy) is 1. The van der Waals surface area contributed by atoms with Crippen LogP contribution >= 0.6 is 0 Å². The molecule has 1 N–H and O–H groups in total. The van der Waals surface area contributed by atoms with Gasteiger partial charge >= 0.3 is 11.9 Å². The van der Waals surface area contributed by atoms with E-state index in [-0.39, 0.29) is 0 Å². The first-order valence-corrected chi connectivity index (χ1v) is 5.44. The number of rotatable bonds is 2. The molecule has 0 aliphatic carbocycles. The molecule has 0 saturated carbocycles. The van der Waals surface area contributed by atoms with Crippen LogP contribution in [0.4, 0.5) is 0 Å². The second-order valence-corrected chi connectivity index (χ2v) is 4.73. The molecule has 1 saturated heterocycles. The van der Waals surface area contributed by atoms with Crippen LogP contribution in [-0.4, -0.2) is 22.6 Å². The topological polar surface area (TPSA) is 63.6 Å². The summed E-state index contributed by atoms with van der Waals surface area (Å²) >= 11 is 0. The first-order valence-electron chi connectivity index (χ1n) is 5.44. The Bertz CT molecular complexity index is 450. The van der Waals surface area contributed by atoms with Gasteiger partial charge in [0, 0.05) is 5.92 Å². The average Bonchev–Trinajstić information content (AvgIpc) is 2.49. The summed E-state index contributed by atoms with van der Waals surface area (Å²) in [5.74, 6) is -3.35. The van der Waals surface area contributed by atoms with Crippen molar-refractivity contribution in [2.24, 2.45) is 5.92 Å². The number of carbonyl (C=O) groups is 2. The normalized spacial score (nSPS) is 26.6. The minimum atomic E-state index is -1.13. The van der Waals surface area contributed by atoms with E-state index in [0.717, 1.165) is 5.56 Å². The van der Waals surface area contributed by atoms with Crippen molar-refractivity contribution in [1.82, 2.24) is 0 Å². The van der Waals surface area contributed by atoms with Gasteiger partial charge in [0.2, 0.25) is 0 Å². The van der Waals surface area contributed by atoms with Gasteiger partial charge in [-0.25, -0.2) is 0 Å². The lowest BCUT2D eigenvalue weighted by molar-refractivity contribution is -0.154. The maximum Gasteiger partial charge on any atom is 0.321 e. The molecule has 0 spiro atoms. The fraction of sp³-hybridized carbons (Fsp3) is 0.385. The van der Waals surface area contributed by atoms with E-state index in [2.05, 4.69) is 0 Å². The molecule has 0 amide bonds. The van der Waals surface area contributed by atoms with Crippen molar-refractivity contribution < 1.29 is 19.4 Å². The molecule has 4 heteroatoms. The van der Waals surface area contributed by atoms with Gasteiger partial charge in [0.05, 0.1) is 0 Å². The summed E-state index contributed by atoms with van der Waals surface area (Å²) < 4.78 is 5.17. The van der Waals surface area contributed by atoms with E-state index in [1.807, 2.05) is 30.3 Å². The molecular weight excluding hydrogens is 220 g/mol. The van der Waals surface area contributed by atoms with Gasteiger partial charge in [-0.2, -0.15) is 0 Å². The number of carboxylic acid groups (broad SMARTS) is 1. The third kappa shape index (κ3) is 1.90. The lowest BCUT2D eigenvalue weighted by Crippen LogP contribution is -2.30. The number of esters is 1. The van der Waals surface area contributed by atoms with E-state index >= 15 is 0 Å². The fourth-order valence-electron chi connectivity index (χ4n) is 2.42. The summed E-state index contributed by atoms with van der Waals surface area (Å²) in [6.45, 7) is 3.48. The molecule has 2 atom stereocenters. The minimum absolute atomic E-state index is 0.450.